The van der Waals surface area contributed by atoms with Crippen molar-refractivity contribution < 1.29 is 4.21 Å². The molecule has 1 aliphatic heterocycles. The molecule has 5 nitrogen and oxygen atoms in total. The Morgan fingerprint density at radius 3 is 2.68 bits per heavy atom. The predicted molar refractivity (Wildman–Crippen MR) is 144 cm³/mol. The lowest BCUT2D eigenvalue weighted by Crippen LogP contribution is -2.52. The van der Waals surface area contributed by atoms with Gasteiger partial charge >= 0.3 is 0 Å². The second-order valence-corrected chi connectivity index (χ2v) is 11.1. The predicted octanol–water partition coefficient (Wildman–Crippen LogP) is 3.93. The van der Waals surface area contributed by atoms with Crippen LogP contribution in [0.2, 0.25) is 0 Å². The van der Waals surface area contributed by atoms with Gasteiger partial charge in [0.2, 0.25) is 0 Å². The summed E-state index contributed by atoms with van der Waals surface area (Å²) in [6, 6.07) is 9.67. The third-order valence-corrected chi connectivity index (χ3v) is 8.46. The molecule has 1 saturated carbocycles. The maximum atomic E-state index is 12.3. The van der Waals surface area contributed by atoms with Crippen molar-refractivity contribution in [2.24, 2.45) is 10.9 Å². The highest BCUT2D eigenvalue weighted by Gasteiger charge is 2.28. The molecule has 1 aromatic carbocycles. The lowest BCUT2D eigenvalue weighted by Gasteiger charge is -2.38. The quantitative estimate of drug-likeness (QED) is 0.302. The number of hydrogen-bond acceptors (Lipinski definition) is 3. The SMILES string of the molecule is CCS(=O)C1CCCC(NC(=NC)NCC(C(C)C)N2CCc3ccccc3C2)C1.I. The molecule has 0 aromatic heterocycles. The van der Waals surface area contributed by atoms with Gasteiger partial charge in [0.05, 0.1) is 0 Å². The van der Waals surface area contributed by atoms with Crippen molar-refractivity contribution in [3.8, 4) is 0 Å². The van der Waals surface area contributed by atoms with E-state index >= 15 is 0 Å². The first kappa shape index (κ1) is 26.6. The Bertz CT molecular complexity index is 742. The highest BCUT2D eigenvalue weighted by atomic mass is 127. The Kier molecular flexibility index (Phi) is 11.3. The standard InChI is InChI=1S/C24H40N4OS.HI/c1-5-30(29)22-12-8-11-21(15-22)27-24(25-4)26-16-23(18(2)3)28-14-13-19-9-6-7-10-20(19)17-28;/h6-7,9-10,18,21-23H,5,8,11-17H2,1-4H3,(H2,25,26,27);1H. The molecule has 7 heteroatoms. The second-order valence-electron chi connectivity index (χ2n) is 9.05. The molecule has 0 radical (unpaired) electrons. The van der Waals surface area contributed by atoms with E-state index in [1.54, 1.807) is 0 Å². The average Bonchev–Trinajstić information content (AvgIpc) is 2.77. The molecule has 1 fully saturated rings. The molecule has 1 aliphatic carbocycles. The van der Waals surface area contributed by atoms with Gasteiger partial charge in [-0.05, 0) is 42.7 Å². The van der Waals surface area contributed by atoms with Gasteiger partial charge in [0.25, 0.3) is 0 Å². The van der Waals surface area contributed by atoms with E-state index < -0.39 is 10.8 Å². The number of rotatable bonds is 7. The van der Waals surface area contributed by atoms with Crippen LogP contribution in [0.3, 0.4) is 0 Å². The zero-order valence-corrected chi connectivity index (χ0v) is 22.7. The monoisotopic (exact) mass is 560 g/mol. The normalized spacial score (nSPS) is 24.1. The Labute approximate surface area is 208 Å². The van der Waals surface area contributed by atoms with Crippen molar-refractivity contribution in [3.63, 3.8) is 0 Å². The number of benzene rings is 1. The van der Waals surface area contributed by atoms with Gasteiger partial charge in [-0.3, -0.25) is 14.1 Å². The number of nitrogens with zero attached hydrogens (tertiary/aromatic N) is 2. The summed E-state index contributed by atoms with van der Waals surface area (Å²) in [5, 5.41) is 7.54. The largest absolute Gasteiger partial charge is 0.355 e. The first-order valence-electron chi connectivity index (χ1n) is 11.7. The summed E-state index contributed by atoms with van der Waals surface area (Å²) in [5.41, 5.74) is 2.96. The number of halogens is 1. The number of hydrogen-bond donors (Lipinski definition) is 2. The van der Waals surface area contributed by atoms with E-state index in [2.05, 4.69) is 58.6 Å². The van der Waals surface area contributed by atoms with Crippen LogP contribution in [0.4, 0.5) is 0 Å². The first-order valence-corrected chi connectivity index (χ1v) is 13.0. The summed E-state index contributed by atoms with van der Waals surface area (Å²) in [6.45, 7) is 9.68. The van der Waals surface area contributed by atoms with Crippen LogP contribution < -0.4 is 10.6 Å². The van der Waals surface area contributed by atoms with Gasteiger partial charge in [-0.25, -0.2) is 0 Å². The van der Waals surface area contributed by atoms with Crippen LogP contribution in [-0.4, -0.2) is 58.3 Å². The van der Waals surface area contributed by atoms with E-state index in [1.165, 1.54) is 11.1 Å². The molecule has 2 aliphatic rings. The van der Waals surface area contributed by atoms with Crippen LogP contribution in [-0.2, 0) is 23.8 Å². The summed E-state index contributed by atoms with van der Waals surface area (Å²) < 4.78 is 12.3. The minimum absolute atomic E-state index is 0. The average molecular weight is 561 g/mol. The Hall–Kier alpha value is -0.670. The van der Waals surface area contributed by atoms with Crippen LogP contribution in [0.15, 0.2) is 29.3 Å². The van der Waals surface area contributed by atoms with E-state index in [4.69, 9.17) is 0 Å². The van der Waals surface area contributed by atoms with Crippen LogP contribution in [0, 0.1) is 5.92 Å². The molecule has 4 atom stereocenters. The Balaban J connectivity index is 0.00000341. The number of aliphatic imine (C=N–C) groups is 1. The van der Waals surface area contributed by atoms with E-state index in [0.29, 0.717) is 23.3 Å². The fourth-order valence-corrected chi connectivity index (χ4v) is 6.27. The molecule has 176 valence electrons. The highest BCUT2D eigenvalue weighted by Crippen LogP contribution is 2.24. The summed E-state index contributed by atoms with van der Waals surface area (Å²) in [4.78, 5) is 7.10. The third kappa shape index (κ3) is 7.42. The molecule has 0 saturated heterocycles. The summed E-state index contributed by atoms with van der Waals surface area (Å²) in [6.07, 6.45) is 5.49. The van der Waals surface area contributed by atoms with Gasteiger partial charge in [-0.2, -0.15) is 0 Å². The summed E-state index contributed by atoms with van der Waals surface area (Å²) in [5.74, 6) is 2.21. The molecule has 0 spiro atoms. The fourth-order valence-electron chi connectivity index (χ4n) is 4.93. The number of guanidine groups is 1. The zero-order valence-electron chi connectivity index (χ0n) is 19.6. The number of nitrogens with one attached hydrogen (secondary N) is 2. The van der Waals surface area contributed by atoms with Crippen molar-refractivity contribution in [2.75, 3.05) is 25.9 Å². The zero-order chi connectivity index (χ0) is 21.5. The van der Waals surface area contributed by atoms with E-state index in [0.717, 1.165) is 63.5 Å². The maximum Gasteiger partial charge on any atom is 0.191 e. The summed E-state index contributed by atoms with van der Waals surface area (Å²) >= 11 is 0. The van der Waals surface area contributed by atoms with Gasteiger partial charge in [0.1, 0.15) is 0 Å². The van der Waals surface area contributed by atoms with Crippen LogP contribution >= 0.6 is 24.0 Å². The van der Waals surface area contributed by atoms with Gasteiger partial charge < -0.3 is 10.6 Å². The van der Waals surface area contributed by atoms with Crippen molar-refractivity contribution in [3.05, 3.63) is 35.4 Å². The first-order chi connectivity index (χ1) is 14.5. The molecular weight excluding hydrogens is 519 g/mol. The minimum atomic E-state index is -0.697. The molecule has 1 aromatic rings. The molecule has 0 bridgehead atoms. The van der Waals surface area contributed by atoms with Gasteiger partial charge in [0.15, 0.2) is 5.96 Å². The minimum Gasteiger partial charge on any atom is -0.355 e. The van der Waals surface area contributed by atoms with Crippen LogP contribution in [0.25, 0.3) is 0 Å². The Morgan fingerprint density at radius 1 is 1.26 bits per heavy atom. The fraction of sp³-hybridized carbons (Fsp3) is 0.708. The topological polar surface area (TPSA) is 56.7 Å². The maximum absolute atomic E-state index is 12.3. The lowest BCUT2D eigenvalue weighted by atomic mass is 9.94. The van der Waals surface area contributed by atoms with Crippen LogP contribution in [0.1, 0.15) is 57.6 Å². The summed E-state index contributed by atoms with van der Waals surface area (Å²) in [7, 11) is 1.15. The van der Waals surface area contributed by atoms with Crippen molar-refractivity contribution >= 4 is 40.7 Å². The van der Waals surface area contributed by atoms with Gasteiger partial charge in [-0.15, -0.1) is 24.0 Å². The van der Waals surface area contributed by atoms with Crippen molar-refractivity contribution in [1.29, 1.82) is 0 Å². The molecular formula is C24H41IN4OS. The van der Waals surface area contributed by atoms with Gasteiger partial charge in [0, 0.05) is 60.6 Å². The smallest absolute Gasteiger partial charge is 0.191 e. The van der Waals surface area contributed by atoms with Gasteiger partial charge in [-0.1, -0.05) is 51.5 Å². The number of fused-ring (bicyclic) bond motifs is 1. The molecule has 31 heavy (non-hydrogen) atoms. The van der Waals surface area contributed by atoms with Crippen molar-refractivity contribution in [2.45, 2.75) is 76.8 Å². The molecule has 2 N–H and O–H groups in total. The molecule has 4 unspecified atom stereocenters. The molecule has 1 heterocycles. The van der Waals surface area contributed by atoms with E-state index in [1.807, 2.05) is 14.0 Å². The lowest BCUT2D eigenvalue weighted by molar-refractivity contribution is 0.140. The van der Waals surface area contributed by atoms with E-state index in [9.17, 15) is 4.21 Å². The molecule has 3 rings (SSSR count). The second kappa shape index (κ2) is 13.1. The third-order valence-electron chi connectivity index (χ3n) is 6.72. The van der Waals surface area contributed by atoms with E-state index in [-0.39, 0.29) is 24.0 Å². The molecule has 0 amide bonds. The van der Waals surface area contributed by atoms with Crippen molar-refractivity contribution in [1.82, 2.24) is 15.5 Å². The van der Waals surface area contributed by atoms with Crippen LogP contribution in [0.5, 0.6) is 0 Å². The Morgan fingerprint density at radius 2 is 2.00 bits per heavy atom. The highest BCUT2D eigenvalue weighted by molar-refractivity contribution is 14.0.